The third-order valence-electron chi connectivity index (χ3n) is 3.17. The predicted molar refractivity (Wildman–Crippen MR) is 77.7 cm³/mol. The lowest BCUT2D eigenvalue weighted by molar-refractivity contribution is 0.546. The zero-order valence-electron chi connectivity index (χ0n) is 11.4. The van der Waals surface area contributed by atoms with Crippen LogP contribution in [0.15, 0.2) is 36.8 Å². The van der Waals surface area contributed by atoms with E-state index in [2.05, 4.69) is 35.2 Å². The Morgan fingerprint density at radius 2 is 2.16 bits per heavy atom. The molecule has 2 heterocycles. The molecule has 0 amide bonds. The van der Waals surface area contributed by atoms with Crippen LogP contribution in [0.5, 0.6) is 0 Å². The largest absolute Gasteiger partial charge is 0.384 e. The maximum absolute atomic E-state index is 5.74. The van der Waals surface area contributed by atoms with E-state index in [1.165, 1.54) is 16.7 Å². The average Bonchev–Trinajstić information content (AvgIpc) is 2.39. The van der Waals surface area contributed by atoms with E-state index in [1.54, 1.807) is 6.20 Å². The molecule has 1 unspecified atom stereocenters. The summed E-state index contributed by atoms with van der Waals surface area (Å²) in [6, 6.07) is 6.29. The van der Waals surface area contributed by atoms with Crippen LogP contribution in [0, 0.1) is 6.92 Å². The van der Waals surface area contributed by atoms with Crippen LogP contribution in [0.25, 0.3) is 0 Å². The van der Waals surface area contributed by atoms with Gasteiger partial charge in [0.15, 0.2) is 0 Å². The van der Waals surface area contributed by atoms with Gasteiger partial charge < -0.3 is 11.1 Å². The fourth-order valence-corrected chi connectivity index (χ4v) is 2.27. The molecular weight excluding hydrogens is 236 g/mol. The molecule has 0 bridgehead atoms. The Morgan fingerprint density at radius 3 is 2.84 bits per heavy atom. The van der Waals surface area contributed by atoms with E-state index >= 15 is 0 Å². The molecule has 0 aromatic carbocycles. The Hall–Kier alpha value is -1.94. The summed E-state index contributed by atoms with van der Waals surface area (Å²) in [6.07, 6.45) is 6.40. The Bertz CT molecular complexity index is 539. The molecule has 3 N–H and O–H groups in total. The summed E-state index contributed by atoms with van der Waals surface area (Å²) in [7, 11) is 0. The number of hydrogen-bond acceptors (Lipinski definition) is 4. The number of likely N-dealkylation sites (N-methyl/N-ethyl adjacent to an activating group) is 1. The maximum Gasteiger partial charge on any atom is 0.123 e. The number of hydrogen-bond donors (Lipinski definition) is 2. The monoisotopic (exact) mass is 256 g/mol. The van der Waals surface area contributed by atoms with E-state index in [4.69, 9.17) is 5.73 Å². The molecule has 2 aromatic heterocycles. The van der Waals surface area contributed by atoms with Crippen molar-refractivity contribution >= 4 is 5.82 Å². The van der Waals surface area contributed by atoms with Crippen LogP contribution in [0.2, 0.25) is 0 Å². The number of anilines is 1. The first-order valence-corrected chi connectivity index (χ1v) is 6.55. The Labute approximate surface area is 114 Å². The summed E-state index contributed by atoms with van der Waals surface area (Å²) in [5.41, 5.74) is 9.41. The second kappa shape index (κ2) is 6.29. The number of pyridine rings is 2. The highest BCUT2D eigenvalue weighted by atomic mass is 14.9. The lowest BCUT2D eigenvalue weighted by atomic mass is 9.97. The second-order valence-electron chi connectivity index (χ2n) is 4.64. The predicted octanol–water partition coefficient (Wildman–Crippen LogP) is 2.26. The van der Waals surface area contributed by atoms with Crippen molar-refractivity contribution in [1.82, 2.24) is 15.3 Å². The first-order valence-electron chi connectivity index (χ1n) is 6.55. The van der Waals surface area contributed by atoms with Crippen LogP contribution in [0.3, 0.4) is 0 Å². The average molecular weight is 256 g/mol. The highest BCUT2D eigenvalue weighted by Gasteiger charge is 2.13. The highest BCUT2D eigenvalue weighted by molar-refractivity contribution is 5.34. The molecule has 2 rings (SSSR count). The summed E-state index contributed by atoms with van der Waals surface area (Å²) in [4.78, 5) is 8.18. The minimum absolute atomic E-state index is 0.273. The van der Waals surface area contributed by atoms with Crippen molar-refractivity contribution < 1.29 is 0 Å². The van der Waals surface area contributed by atoms with Gasteiger partial charge in [0.2, 0.25) is 0 Å². The Kier molecular flexibility index (Phi) is 4.47. The zero-order chi connectivity index (χ0) is 13.7. The van der Waals surface area contributed by atoms with Crippen molar-refractivity contribution in [1.29, 1.82) is 0 Å². The Morgan fingerprint density at radius 1 is 1.32 bits per heavy atom. The molecule has 100 valence electrons. The smallest absolute Gasteiger partial charge is 0.123 e. The molecule has 0 saturated heterocycles. The van der Waals surface area contributed by atoms with Crippen LogP contribution >= 0.6 is 0 Å². The van der Waals surface area contributed by atoms with E-state index in [9.17, 15) is 0 Å². The van der Waals surface area contributed by atoms with E-state index in [-0.39, 0.29) is 6.04 Å². The van der Waals surface area contributed by atoms with Gasteiger partial charge in [-0.2, -0.15) is 0 Å². The molecule has 2 aromatic rings. The molecule has 0 aliphatic rings. The third kappa shape index (κ3) is 3.51. The summed E-state index contributed by atoms with van der Waals surface area (Å²) in [5.74, 6) is 0.569. The standard InChI is InChI=1S/C15H20N4/c1-3-18-14(13-5-6-17-10-11(13)2)8-12-4-7-19-15(16)9-12/h4-7,9-10,14,18H,3,8H2,1-2H3,(H2,16,19). The molecule has 4 nitrogen and oxygen atoms in total. The van der Waals surface area contributed by atoms with Crippen LogP contribution < -0.4 is 11.1 Å². The van der Waals surface area contributed by atoms with Crippen molar-refractivity contribution in [3.63, 3.8) is 0 Å². The van der Waals surface area contributed by atoms with Crippen molar-refractivity contribution in [2.24, 2.45) is 0 Å². The second-order valence-corrected chi connectivity index (χ2v) is 4.64. The topological polar surface area (TPSA) is 63.8 Å². The zero-order valence-corrected chi connectivity index (χ0v) is 11.4. The summed E-state index contributed by atoms with van der Waals surface area (Å²) < 4.78 is 0. The lowest BCUT2D eigenvalue weighted by Gasteiger charge is -2.20. The van der Waals surface area contributed by atoms with Crippen LogP contribution in [0.4, 0.5) is 5.82 Å². The van der Waals surface area contributed by atoms with Gasteiger partial charge in [0.05, 0.1) is 0 Å². The van der Waals surface area contributed by atoms with Gasteiger partial charge in [-0.25, -0.2) is 4.98 Å². The molecule has 0 saturated carbocycles. The van der Waals surface area contributed by atoms with Crippen LogP contribution in [-0.2, 0) is 6.42 Å². The highest BCUT2D eigenvalue weighted by Crippen LogP contribution is 2.21. The SMILES string of the molecule is CCNC(Cc1ccnc(N)c1)c1ccncc1C. The number of aromatic nitrogens is 2. The number of aryl methyl sites for hydroxylation is 1. The van der Waals surface area contributed by atoms with Crippen molar-refractivity contribution in [3.05, 3.63) is 53.5 Å². The third-order valence-corrected chi connectivity index (χ3v) is 3.17. The number of nitrogens with two attached hydrogens (primary N) is 1. The molecule has 1 atom stereocenters. The van der Waals surface area contributed by atoms with Gasteiger partial charge in [-0.1, -0.05) is 6.92 Å². The van der Waals surface area contributed by atoms with Gasteiger partial charge in [-0.3, -0.25) is 4.98 Å². The molecule has 0 aliphatic heterocycles. The number of rotatable bonds is 5. The summed E-state index contributed by atoms with van der Waals surface area (Å²) in [6.45, 7) is 5.13. The fourth-order valence-electron chi connectivity index (χ4n) is 2.27. The van der Waals surface area contributed by atoms with Crippen LogP contribution in [-0.4, -0.2) is 16.5 Å². The summed E-state index contributed by atoms with van der Waals surface area (Å²) >= 11 is 0. The molecule has 0 radical (unpaired) electrons. The normalized spacial score (nSPS) is 12.3. The molecule has 19 heavy (non-hydrogen) atoms. The first-order chi connectivity index (χ1) is 9.20. The molecule has 0 aliphatic carbocycles. The van der Waals surface area contributed by atoms with E-state index in [1.807, 2.05) is 24.5 Å². The number of nitrogens with zero attached hydrogens (tertiary/aromatic N) is 2. The van der Waals surface area contributed by atoms with Gasteiger partial charge >= 0.3 is 0 Å². The minimum Gasteiger partial charge on any atom is -0.384 e. The minimum atomic E-state index is 0.273. The lowest BCUT2D eigenvalue weighted by Crippen LogP contribution is -2.23. The number of nitrogens with one attached hydrogen (secondary N) is 1. The number of nitrogen functional groups attached to an aromatic ring is 1. The van der Waals surface area contributed by atoms with Crippen molar-refractivity contribution in [2.75, 3.05) is 12.3 Å². The summed E-state index contributed by atoms with van der Waals surface area (Å²) in [5, 5.41) is 3.52. The molecule has 0 fully saturated rings. The Balaban J connectivity index is 2.24. The maximum atomic E-state index is 5.74. The molecule has 0 spiro atoms. The van der Waals surface area contributed by atoms with Crippen LogP contribution in [0.1, 0.15) is 29.7 Å². The molecule has 4 heteroatoms. The van der Waals surface area contributed by atoms with E-state index < -0.39 is 0 Å². The van der Waals surface area contributed by atoms with Gasteiger partial charge in [-0.05, 0) is 54.8 Å². The van der Waals surface area contributed by atoms with Crippen molar-refractivity contribution in [2.45, 2.75) is 26.3 Å². The first kappa shape index (κ1) is 13.5. The fraction of sp³-hybridized carbons (Fsp3) is 0.333. The van der Waals surface area contributed by atoms with Gasteiger partial charge in [-0.15, -0.1) is 0 Å². The van der Waals surface area contributed by atoms with E-state index in [0.29, 0.717) is 5.82 Å². The van der Waals surface area contributed by atoms with Gasteiger partial charge in [0.25, 0.3) is 0 Å². The van der Waals surface area contributed by atoms with Gasteiger partial charge in [0.1, 0.15) is 5.82 Å². The van der Waals surface area contributed by atoms with E-state index in [0.717, 1.165) is 13.0 Å². The van der Waals surface area contributed by atoms with Gasteiger partial charge in [0, 0.05) is 24.6 Å². The van der Waals surface area contributed by atoms with Crippen molar-refractivity contribution in [3.8, 4) is 0 Å². The molecular formula is C15H20N4. The quantitative estimate of drug-likeness (QED) is 0.861.